The van der Waals surface area contributed by atoms with Crippen LogP contribution < -0.4 is 5.32 Å². The minimum Gasteiger partial charge on any atom is -0.337 e. The maximum absolute atomic E-state index is 12.1. The van der Waals surface area contributed by atoms with Crippen LogP contribution in [0.3, 0.4) is 0 Å². The quantitative estimate of drug-likeness (QED) is 0.698. The summed E-state index contributed by atoms with van der Waals surface area (Å²) in [6.45, 7) is 3.97. The van der Waals surface area contributed by atoms with E-state index >= 15 is 0 Å². The van der Waals surface area contributed by atoms with Gasteiger partial charge in [0, 0.05) is 31.6 Å². The van der Waals surface area contributed by atoms with E-state index in [9.17, 15) is 13.2 Å². The molecule has 2 unspecified atom stereocenters. The average Bonchev–Trinajstić information content (AvgIpc) is 2.41. The molecule has 2 saturated heterocycles. The molecule has 0 aromatic heterocycles. The highest BCUT2D eigenvalue weighted by Crippen LogP contribution is 2.20. The molecule has 0 aromatic rings. The Morgan fingerprint density at radius 1 is 1.41 bits per heavy atom. The number of rotatable bonds is 1. The standard InChI is InChI=1S/C11H20N2O3S/c1-9-7-12-4-5-13(11(9)14)10-3-2-6-17(15,16)8-10/h9-10,12H,2-8H2,1H3. The Bertz CT molecular complexity index is 394. The molecule has 6 heteroatoms. The molecule has 1 amide bonds. The van der Waals surface area contributed by atoms with E-state index in [4.69, 9.17) is 0 Å². The molecule has 2 aliphatic heterocycles. The second kappa shape index (κ2) is 4.94. The average molecular weight is 260 g/mol. The number of carbonyl (C=O) groups is 1. The Morgan fingerprint density at radius 3 is 2.88 bits per heavy atom. The van der Waals surface area contributed by atoms with Crippen LogP contribution in [0, 0.1) is 5.92 Å². The van der Waals surface area contributed by atoms with Crippen molar-refractivity contribution in [1.29, 1.82) is 0 Å². The van der Waals surface area contributed by atoms with Crippen LogP contribution in [-0.2, 0) is 14.6 Å². The van der Waals surface area contributed by atoms with Crippen molar-refractivity contribution in [2.75, 3.05) is 31.1 Å². The lowest BCUT2D eigenvalue weighted by Gasteiger charge is -2.34. The summed E-state index contributed by atoms with van der Waals surface area (Å²) in [6, 6.07) is -0.108. The Labute approximate surface area is 102 Å². The third-order valence-electron chi connectivity index (χ3n) is 3.56. The van der Waals surface area contributed by atoms with Gasteiger partial charge in [0.25, 0.3) is 0 Å². The third-order valence-corrected chi connectivity index (χ3v) is 5.37. The zero-order chi connectivity index (χ0) is 12.5. The van der Waals surface area contributed by atoms with Crippen LogP contribution in [0.1, 0.15) is 19.8 Å². The minimum absolute atomic E-state index is 0.0536. The van der Waals surface area contributed by atoms with Crippen molar-refractivity contribution in [3.8, 4) is 0 Å². The molecule has 1 N–H and O–H groups in total. The van der Waals surface area contributed by atoms with Crippen LogP contribution in [0.25, 0.3) is 0 Å². The van der Waals surface area contributed by atoms with E-state index in [2.05, 4.69) is 5.32 Å². The first-order valence-electron chi connectivity index (χ1n) is 6.21. The van der Waals surface area contributed by atoms with Crippen molar-refractivity contribution in [3.63, 3.8) is 0 Å². The van der Waals surface area contributed by atoms with Crippen LogP contribution >= 0.6 is 0 Å². The van der Waals surface area contributed by atoms with Crippen molar-refractivity contribution in [1.82, 2.24) is 10.2 Å². The topological polar surface area (TPSA) is 66.5 Å². The van der Waals surface area contributed by atoms with Crippen molar-refractivity contribution >= 4 is 15.7 Å². The van der Waals surface area contributed by atoms with E-state index in [1.807, 2.05) is 6.92 Å². The Kier molecular flexibility index (Phi) is 3.73. The number of carbonyl (C=O) groups excluding carboxylic acids is 1. The molecule has 0 bridgehead atoms. The largest absolute Gasteiger partial charge is 0.337 e. The first kappa shape index (κ1) is 12.8. The van der Waals surface area contributed by atoms with Crippen LogP contribution in [0.15, 0.2) is 0 Å². The van der Waals surface area contributed by atoms with Gasteiger partial charge < -0.3 is 10.2 Å². The Balaban J connectivity index is 2.12. The molecule has 0 radical (unpaired) electrons. The van der Waals surface area contributed by atoms with Gasteiger partial charge in [-0.3, -0.25) is 4.79 Å². The van der Waals surface area contributed by atoms with Crippen molar-refractivity contribution in [3.05, 3.63) is 0 Å². The molecule has 2 rings (SSSR count). The van der Waals surface area contributed by atoms with E-state index in [1.165, 1.54) is 0 Å². The fourth-order valence-electron chi connectivity index (χ4n) is 2.61. The fourth-order valence-corrected chi connectivity index (χ4v) is 4.31. The molecule has 0 saturated carbocycles. The highest BCUT2D eigenvalue weighted by atomic mass is 32.2. The molecule has 0 spiro atoms. The number of hydrogen-bond donors (Lipinski definition) is 1. The summed E-state index contributed by atoms with van der Waals surface area (Å²) in [5, 5.41) is 3.21. The monoisotopic (exact) mass is 260 g/mol. The molecule has 0 aliphatic carbocycles. The maximum atomic E-state index is 12.1. The normalized spacial score (nSPS) is 34.4. The Hall–Kier alpha value is -0.620. The molecule has 0 aromatic carbocycles. The smallest absolute Gasteiger partial charge is 0.227 e. The molecule has 2 aliphatic rings. The summed E-state index contributed by atoms with van der Waals surface area (Å²) in [5.41, 5.74) is 0. The summed E-state index contributed by atoms with van der Waals surface area (Å²) >= 11 is 0. The van der Waals surface area contributed by atoms with Gasteiger partial charge in [-0.25, -0.2) is 8.42 Å². The van der Waals surface area contributed by atoms with Gasteiger partial charge in [-0.05, 0) is 12.8 Å². The molecule has 2 fully saturated rings. The number of sulfone groups is 1. The third kappa shape index (κ3) is 2.98. The van der Waals surface area contributed by atoms with Gasteiger partial charge in [0.1, 0.15) is 0 Å². The van der Waals surface area contributed by atoms with E-state index in [0.29, 0.717) is 19.5 Å². The van der Waals surface area contributed by atoms with Crippen LogP contribution in [0.2, 0.25) is 0 Å². The van der Waals surface area contributed by atoms with Gasteiger partial charge in [-0.1, -0.05) is 6.92 Å². The number of nitrogens with one attached hydrogen (secondary N) is 1. The highest BCUT2D eigenvalue weighted by Gasteiger charge is 2.34. The first-order chi connectivity index (χ1) is 7.99. The van der Waals surface area contributed by atoms with Crippen molar-refractivity contribution in [2.24, 2.45) is 5.92 Å². The van der Waals surface area contributed by atoms with Gasteiger partial charge in [-0.2, -0.15) is 0 Å². The van der Waals surface area contributed by atoms with Crippen molar-refractivity contribution < 1.29 is 13.2 Å². The minimum atomic E-state index is -2.95. The maximum Gasteiger partial charge on any atom is 0.227 e. The second-order valence-corrected chi connectivity index (χ2v) is 7.28. The zero-order valence-electron chi connectivity index (χ0n) is 10.2. The molecule has 2 heterocycles. The predicted octanol–water partition coefficient (Wildman–Crippen LogP) is -0.368. The van der Waals surface area contributed by atoms with Crippen LogP contribution in [-0.4, -0.2) is 56.4 Å². The second-order valence-electron chi connectivity index (χ2n) is 5.05. The molecule has 2 atom stereocenters. The summed E-state index contributed by atoms with van der Waals surface area (Å²) in [4.78, 5) is 13.9. The SMILES string of the molecule is CC1CNCCN(C2CCCS(=O)(=O)C2)C1=O. The number of hydrogen-bond acceptors (Lipinski definition) is 4. The molecular weight excluding hydrogens is 240 g/mol. The van der Waals surface area contributed by atoms with Gasteiger partial charge in [-0.15, -0.1) is 0 Å². The van der Waals surface area contributed by atoms with E-state index in [-0.39, 0.29) is 29.4 Å². The number of nitrogens with zero attached hydrogens (tertiary/aromatic N) is 1. The van der Waals surface area contributed by atoms with E-state index < -0.39 is 9.84 Å². The molecule has 17 heavy (non-hydrogen) atoms. The lowest BCUT2D eigenvalue weighted by Crippen LogP contribution is -2.48. The summed E-state index contributed by atoms with van der Waals surface area (Å²) < 4.78 is 23.2. The van der Waals surface area contributed by atoms with Crippen LogP contribution in [0.5, 0.6) is 0 Å². The summed E-state index contributed by atoms with van der Waals surface area (Å²) in [6.07, 6.45) is 1.50. The predicted molar refractivity (Wildman–Crippen MR) is 65.4 cm³/mol. The van der Waals surface area contributed by atoms with E-state index in [0.717, 1.165) is 13.0 Å². The van der Waals surface area contributed by atoms with Crippen LogP contribution in [0.4, 0.5) is 0 Å². The lowest BCUT2D eigenvalue weighted by molar-refractivity contribution is -0.135. The first-order valence-corrected chi connectivity index (χ1v) is 8.03. The van der Waals surface area contributed by atoms with Gasteiger partial charge in [0.05, 0.1) is 11.5 Å². The molecular formula is C11H20N2O3S. The van der Waals surface area contributed by atoms with Gasteiger partial charge >= 0.3 is 0 Å². The Morgan fingerprint density at radius 2 is 2.18 bits per heavy atom. The van der Waals surface area contributed by atoms with Gasteiger partial charge in [0.2, 0.25) is 5.91 Å². The molecule has 5 nitrogen and oxygen atoms in total. The van der Waals surface area contributed by atoms with Crippen molar-refractivity contribution in [2.45, 2.75) is 25.8 Å². The lowest BCUT2D eigenvalue weighted by atomic mass is 10.1. The van der Waals surface area contributed by atoms with Gasteiger partial charge in [0.15, 0.2) is 9.84 Å². The number of amides is 1. The van der Waals surface area contributed by atoms with E-state index in [1.54, 1.807) is 4.90 Å². The summed E-state index contributed by atoms with van der Waals surface area (Å²) in [5.74, 6) is 0.462. The zero-order valence-corrected chi connectivity index (χ0v) is 11.0. The fraction of sp³-hybridized carbons (Fsp3) is 0.909. The molecule has 98 valence electrons. The summed E-state index contributed by atoms with van der Waals surface area (Å²) in [7, 11) is -2.95. The highest BCUT2D eigenvalue weighted by molar-refractivity contribution is 7.91.